The van der Waals surface area contributed by atoms with Crippen LogP contribution in [0.4, 0.5) is 11.5 Å². The van der Waals surface area contributed by atoms with E-state index in [4.69, 9.17) is 0 Å². The Morgan fingerprint density at radius 2 is 2.16 bits per heavy atom. The van der Waals surface area contributed by atoms with Gasteiger partial charge in [0.1, 0.15) is 5.82 Å². The van der Waals surface area contributed by atoms with Crippen LogP contribution in [-0.4, -0.2) is 16.1 Å². The van der Waals surface area contributed by atoms with E-state index in [9.17, 15) is 15.2 Å². The van der Waals surface area contributed by atoms with E-state index < -0.39 is 16.4 Å². The number of nitro benzene ring substituents is 1. The SMILES string of the molecule is O=[N+]([O-])c1cc(/C=N\Nc2ccccn2)ccc1[O-]. The molecule has 0 fully saturated rings. The summed E-state index contributed by atoms with van der Waals surface area (Å²) in [6.45, 7) is 0. The van der Waals surface area contributed by atoms with Crippen LogP contribution in [0.2, 0.25) is 0 Å². The second-order valence-electron chi connectivity index (χ2n) is 3.57. The molecule has 96 valence electrons. The van der Waals surface area contributed by atoms with Gasteiger partial charge in [-0.3, -0.25) is 15.5 Å². The quantitative estimate of drug-likeness (QED) is 0.508. The van der Waals surface area contributed by atoms with Gasteiger partial charge >= 0.3 is 0 Å². The Morgan fingerprint density at radius 3 is 2.84 bits per heavy atom. The zero-order chi connectivity index (χ0) is 13.7. The number of pyridine rings is 1. The Hall–Kier alpha value is -2.96. The van der Waals surface area contributed by atoms with Gasteiger partial charge in [0, 0.05) is 17.8 Å². The summed E-state index contributed by atoms with van der Waals surface area (Å²) in [5.74, 6) is -0.0754. The average molecular weight is 257 g/mol. The maximum atomic E-state index is 11.2. The molecule has 19 heavy (non-hydrogen) atoms. The largest absolute Gasteiger partial charge is 0.868 e. The van der Waals surface area contributed by atoms with Crippen molar-refractivity contribution in [2.24, 2.45) is 5.10 Å². The molecule has 1 heterocycles. The Morgan fingerprint density at radius 1 is 1.32 bits per heavy atom. The number of hydrogen-bond acceptors (Lipinski definition) is 6. The van der Waals surface area contributed by atoms with Crippen molar-refractivity contribution in [3.63, 3.8) is 0 Å². The Bertz CT molecular complexity index is 614. The minimum atomic E-state index is -0.716. The molecular formula is C12H9N4O3-. The van der Waals surface area contributed by atoms with E-state index >= 15 is 0 Å². The molecule has 0 aliphatic heterocycles. The molecule has 0 aliphatic carbocycles. The molecule has 0 amide bonds. The molecule has 1 aromatic heterocycles. The second-order valence-corrected chi connectivity index (χ2v) is 3.57. The van der Waals surface area contributed by atoms with Crippen LogP contribution >= 0.6 is 0 Å². The summed E-state index contributed by atoms with van der Waals surface area (Å²) in [6.07, 6.45) is 2.98. The van der Waals surface area contributed by atoms with Gasteiger partial charge in [-0.1, -0.05) is 18.2 Å². The highest BCUT2D eigenvalue weighted by molar-refractivity contribution is 5.81. The van der Waals surface area contributed by atoms with Crippen LogP contribution in [0.15, 0.2) is 47.7 Å². The summed E-state index contributed by atoms with van der Waals surface area (Å²) >= 11 is 0. The highest BCUT2D eigenvalue weighted by Crippen LogP contribution is 2.22. The fraction of sp³-hybridized carbons (Fsp3) is 0. The van der Waals surface area contributed by atoms with E-state index in [1.807, 2.05) is 0 Å². The third kappa shape index (κ3) is 3.25. The van der Waals surface area contributed by atoms with Crippen LogP contribution < -0.4 is 10.5 Å². The summed E-state index contributed by atoms with van der Waals surface area (Å²) in [5, 5.41) is 25.7. The second kappa shape index (κ2) is 5.58. The molecule has 0 aliphatic rings. The average Bonchev–Trinajstić information content (AvgIpc) is 2.41. The molecule has 0 atom stereocenters. The number of rotatable bonds is 4. The lowest BCUT2D eigenvalue weighted by Crippen LogP contribution is -1.99. The molecule has 0 spiro atoms. The van der Waals surface area contributed by atoms with Crippen molar-refractivity contribution in [1.82, 2.24) is 4.98 Å². The molecule has 0 saturated heterocycles. The minimum Gasteiger partial charge on any atom is -0.868 e. The molecule has 0 saturated carbocycles. The molecule has 2 aromatic rings. The number of aromatic nitrogens is 1. The van der Waals surface area contributed by atoms with Crippen molar-refractivity contribution in [1.29, 1.82) is 0 Å². The van der Waals surface area contributed by atoms with E-state index in [1.165, 1.54) is 18.3 Å². The van der Waals surface area contributed by atoms with Crippen molar-refractivity contribution >= 4 is 17.7 Å². The van der Waals surface area contributed by atoms with Gasteiger partial charge in [0.25, 0.3) is 5.69 Å². The molecular weight excluding hydrogens is 248 g/mol. The van der Waals surface area contributed by atoms with Crippen molar-refractivity contribution in [3.05, 3.63) is 58.3 Å². The lowest BCUT2D eigenvalue weighted by atomic mass is 10.2. The Kier molecular flexibility index (Phi) is 3.67. The van der Waals surface area contributed by atoms with Crippen LogP contribution in [0.5, 0.6) is 5.75 Å². The van der Waals surface area contributed by atoms with Crippen molar-refractivity contribution in [2.45, 2.75) is 0 Å². The van der Waals surface area contributed by atoms with Gasteiger partial charge in [-0.2, -0.15) is 5.10 Å². The first-order valence-corrected chi connectivity index (χ1v) is 5.32. The van der Waals surface area contributed by atoms with Crippen LogP contribution in [0.3, 0.4) is 0 Å². The molecule has 1 N–H and O–H groups in total. The van der Waals surface area contributed by atoms with Gasteiger partial charge in [-0.05, 0) is 17.9 Å². The molecule has 0 unspecified atom stereocenters. The lowest BCUT2D eigenvalue weighted by molar-refractivity contribution is -0.398. The smallest absolute Gasteiger partial charge is 0.262 e. The van der Waals surface area contributed by atoms with Gasteiger partial charge in [0.2, 0.25) is 0 Å². The predicted octanol–water partition coefficient (Wildman–Crippen LogP) is 1.51. The van der Waals surface area contributed by atoms with E-state index in [0.29, 0.717) is 11.4 Å². The molecule has 7 nitrogen and oxygen atoms in total. The Labute approximate surface area is 108 Å². The molecule has 7 heteroatoms. The number of nitro groups is 1. The van der Waals surface area contributed by atoms with Crippen molar-refractivity contribution < 1.29 is 10.0 Å². The van der Waals surface area contributed by atoms with Gasteiger partial charge < -0.3 is 5.11 Å². The van der Waals surface area contributed by atoms with Gasteiger partial charge in [0.15, 0.2) is 0 Å². The van der Waals surface area contributed by atoms with Crippen LogP contribution in [-0.2, 0) is 0 Å². The lowest BCUT2D eigenvalue weighted by Gasteiger charge is -2.05. The standard InChI is InChI=1S/C12H10N4O3/c17-11-5-4-9(7-10(11)16(18)19)8-14-15-12-3-1-2-6-13-12/h1-8,17H,(H,13,15)/p-1/b14-8-. The number of hydrazone groups is 1. The zero-order valence-corrected chi connectivity index (χ0v) is 9.69. The van der Waals surface area contributed by atoms with Crippen molar-refractivity contribution in [2.75, 3.05) is 5.43 Å². The zero-order valence-electron chi connectivity index (χ0n) is 9.69. The monoisotopic (exact) mass is 257 g/mol. The van der Waals surface area contributed by atoms with Crippen molar-refractivity contribution in [3.8, 4) is 5.75 Å². The normalized spacial score (nSPS) is 10.5. The molecule has 0 radical (unpaired) electrons. The number of nitrogens with one attached hydrogen (secondary N) is 1. The van der Waals surface area contributed by atoms with E-state index in [-0.39, 0.29) is 0 Å². The molecule has 0 bridgehead atoms. The first-order valence-electron chi connectivity index (χ1n) is 5.32. The summed E-state index contributed by atoms with van der Waals surface area (Å²) in [5.41, 5.74) is 2.65. The molecule has 1 aromatic carbocycles. The summed E-state index contributed by atoms with van der Waals surface area (Å²) in [7, 11) is 0. The van der Waals surface area contributed by atoms with Crippen LogP contribution in [0.1, 0.15) is 5.56 Å². The third-order valence-corrected chi connectivity index (χ3v) is 2.24. The van der Waals surface area contributed by atoms with Gasteiger partial charge in [0.05, 0.1) is 11.1 Å². The Balaban J connectivity index is 2.11. The summed E-state index contributed by atoms with van der Waals surface area (Å²) in [4.78, 5) is 13.9. The van der Waals surface area contributed by atoms with E-state index in [1.54, 1.807) is 24.4 Å². The highest BCUT2D eigenvalue weighted by atomic mass is 16.6. The van der Waals surface area contributed by atoms with Gasteiger partial charge in [-0.25, -0.2) is 4.98 Å². The topological polar surface area (TPSA) is 103 Å². The van der Waals surface area contributed by atoms with E-state index in [2.05, 4.69) is 15.5 Å². The van der Waals surface area contributed by atoms with Gasteiger partial charge in [-0.15, -0.1) is 0 Å². The number of nitrogens with zero attached hydrogens (tertiary/aromatic N) is 3. The fourth-order valence-corrected chi connectivity index (χ4v) is 1.36. The van der Waals surface area contributed by atoms with Crippen LogP contribution in [0, 0.1) is 10.1 Å². The summed E-state index contributed by atoms with van der Waals surface area (Å²) in [6, 6.07) is 9.05. The number of anilines is 1. The maximum absolute atomic E-state index is 11.2. The fourth-order valence-electron chi connectivity index (χ4n) is 1.36. The minimum absolute atomic E-state index is 0.453. The van der Waals surface area contributed by atoms with Crippen LogP contribution in [0.25, 0.3) is 0 Å². The summed E-state index contributed by atoms with van der Waals surface area (Å²) < 4.78 is 0. The third-order valence-electron chi connectivity index (χ3n) is 2.24. The number of hydrogen-bond donors (Lipinski definition) is 1. The highest BCUT2D eigenvalue weighted by Gasteiger charge is 2.06. The first kappa shape index (κ1) is 12.5. The van der Waals surface area contributed by atoms with E-state index in [0.717, 1.165) is 6.07 Å². The first-order chi connectivity index (χ1) is 9.16. The molecule has 2 rings (SSSR count). The number of benzene rings is 1. The predicted molar refractivity (Wildman–Crippen MR) is 68.0 cm³/mol. The maximum Gasteiger partial charge on any atom is 0.262 e.